The average molecular weight is 249 g/mol. The number of hydrogen-bond donors (Lipinski definition) is 3. The zero-order chi connectivity index (χ0) is 13.3. The van der Waals surface area contributed by atoms with Crippen LogP contribution in [0.5, 0.6) is 0 Å². The van der Waals surface area contributed by atoms with E-state index in [0.29, 0.717) is 17.2 Å². The van der Waals surface area contributed by atoms with E-state index in [-0.39, 0.29) is 18.5 Å². The van der Waals surface area contributed by atoms with Gasteiger partial charge in [-0.25, -0.2) is 9.78 Å². The van der Waals surface area contributed by atoms with Crippen LogP contribution in [-0.4, -0.2) is 31.5 Å². The van der Waals surface area contributed by atoms with Crippen LogP contribution in [0, 0.1) is 0 Å². The Kier molecular flexibility index (Phi) is 2.88. The van der Waals surface area contributed by atoms with Crippen LogP contribution in [-0.2, 0) is 11.2 Å². The molecule has 2 aromatic heterocycles. The van der Waals surface area contributed by atoms with E-state index in [1.165, 1.54) is 4.40 Å². The minimum Gasteiger partial charge on any atom is -0.481 e. The zero-order valence-corrected chi connectivity index (χ0v) is 9.33. The molecule has 0 aromatic carbocycles. The number of nitrogens with two attached hydrogens (primary N) is 1. The van der Waals surface area contributed by atoms with Gasteiger partial charge in [-0.3, -0.25) is 9.20 Å². The van der Waals surface area contributed by atoms with Crippen LogP contribution >= 0.6 is 0 Å². The van der Waals surface area contributed by atoms with Gasteiger partial charge >= 0.3 is 11.9 Å². The van der Waals surface area contributed by atoms with Crippen molar-refractivity contribution in [1.82, 2.24) is 9.38 Å². The van der Waals surface area contributed by atoms with E-state index in [4.69, 9.17) is 15.9 Å². The van der Waals surface area contributed by atoms with Crippen molar-refractivity contribution in [2.45, 2.75) is 12.8 Å². The molecule has 94 valence electrons. The van der Waals surface area contributed by atoms with Crippen molar-refractivity contribution in [1.29, 1.82) is 0 Å². The maximum absolute atomic E-state index is 11.0. The van der Waals surface area contributed by atoms with Crippen molar-refractivity contribution in [3.8, 4) is 0 Å². The maximum atomic E-state index is 11.0. The number of carboxylic acids is 2. The van der Waals surface area contributed by atoms with Crippen molar-refractivity contribution < 1.29 is 19.8 Å². The molecule has 7 heteroatoms. The number of rotatable bonds is 4. The van der Waals surface area contributed by atoms with Gasteiger partial charge in [-0.05, 0) is 12.1 Å². The van der Waals surface area contributed by atoms with E-state index in [1.54, 1.807) is 18.2 Å². The number of pyridine rings is 1. The fourth-order valence-electron chi connectivity index (χ4n) is 1.78. The largest absolute Gasteiger partial charge is 0.481 e. The number of aliphatic carboxylic acids is 1. The number of carboxylic acid groups (broad SMARTS) is 2. The van der Waals surface area contributed by atoms with Crippen LogP contribution < -0.4 is 5.73 Å². The first-order chi connectivity index (χ1) is 8.50. The third-order valence-corrected chi connectivity index (χ3v) is 2.53. The molecular formula is C11H11N3O4. The predicted octanol–water partition coefficient (Wildman–Crippen LogP) is 0.632. The molecule has 18 heavy (non-hydrogen) atoms. The van der Waals surface area contributed by atoms with Crippen molar-refractivity contribution in [3.05, 3.63) is 29.7 Å². The lowest BCUT2D eigenvalue weighted by Crippen LogP contribution is -2.04. The number of nitrogens with zero attached hydrogens (tertiary/aromatic N) is 2. The van der Waals surface area contributed by atoms with Gasteiger partial charge in [0.25, 0.3) is 0 Å². The van der Waals surface area contributed by atoms with Gasteiger partial charge in [0.2, 0.25) is 0 Å². The fourth-order valence-corrected chi connectivity index (χ4v) is 1.78. The first-order valence-corrected chi connectivity index (χ1v) is 5.21. The molecule has 2 heterocycles. The minimum absolute atomic E-state index is 0.123. The van der Waals surface area contributed by atoms with Gasteiger partial charge in [0.05, 0.1) is 11.9 Å². The number of aryl methyl sites for hydroxylation is 1. The molecule has 0 aliphatic carbocycles. The monoisotopic (exact) mass is 249 g/mol. The number of nitrogen functional groups attached to an aromatic ring is 1. The van der Waals surface area contributed by atoms with Crippen LogP contribution in [0.3, 0.4) is 0 Å². The second kappa shape index (κ2) is 4.36. The standard InChI is InChI=1S/C11H11N3O4/c12-7-3-1-2-6-10(11(17)18)13-8(14(6)7)4-5-9(15)16/h1-3H,4-5,12H2,(H,15,16)(H,17,18). The van der Waals surface area contributed by atoms with Crippen LogP contribution in [0.25, 0.3) is 5.52 Å². The number of carbonyl (C=O) groups is 2. The molecule has 0 amide bonds. The fraction of sp³-hybridized carbons (Fsp3) is 0.182. The van der Waals surface area contributed by atoms with E-state index in [9.17, 15) is 9.59 Å². The lowest BCUT2D eigenvalue weighted by Gasteiger charge is -2.03. The Morgan fingerprint density at radius 1 is 1.33 bits per heavy atom. The van der Waals surface area contributed by atoms with Gasteiger partial charge in [-0.1, -0.05) is 6.07 Å². The van der Waals surface area contributed by atoms with Crippen LogP contribution in [0.15, 0.2) is 18.2 Å². The number of imidazole rings is 1. The summed E-state index contributed by atoms with van der Waals surface area (Å²) in [5.41, 5.74) is 6.00. The highest BCUT2D eigenvalue weighted by molar-refractivity contribution is 5.94. The van der Waals surface area contributed by atoms with Crippen LogP contribution in [0.4, 0.5) is 5.82 Å². The number of fused-ring (bicyclic) bond motifs is 1. The third-order valence-electron chi connectivity index (χ3n) is 2.53. The summed E-state index contributed by atoms with van der Waals surface area (Å²) in [6.07, 6.45) is -0.00942. The van der Waals surface area contributed by atoms with Gasteiger partial charge < -0.3 is 15.9 Å². The highest BCUT2D eigenvalue weighted by Crippen LogP contribution is 2.18. The smallest absolute Gasteiger partial charge is 0.356 e. The Balaban J connectivity index is 2.58. The molecule has 7 nitrogen and oxygen atoms in total. The first kappa shape index (κ1) is 11.9. The molecule has 0 fully saturated rings. The Morgan fingerprint density at radius 2 is 2.06 bits per heavy atom. The number of hydrogen-bond acceptors (Lipinski definition) is 4. The lowest BCUT2D eigenvalue weighted by atomic mass is 10.3. The van der Waals surface area contributed by atoms with E-state index in [1.807, 2.05) is 0 Å². The number of aromatic nitrogens is 2. The van der Waals surface area contributed by atoms with Gasteiger partial charge in [0.15, 0.2) is 5.69 Å². The molecule has 4 N–H and O–H groups in total. The maximum Gasteiger partial charge on any atom is 0.356 e. The average Bonchev–Trinajstić information content (AvgIpc) is 2.67. The Bertz CT molecular complexity index is 632. The predicted molar refractivity (Wildman–Crippen MR) is 62.5 cm³/mol. The summed E-state index contributed by atoms with van der Waals surface area (Å²) in [6, 6.07) is 4.81. The van der Waals surface area contributed by atoms with Gasteiger partial charge in [-0.15, -0.1) is 0 Å². The second-order valence-corrected chi connectivity index (χ2v) is 3.75. The van der Waals surface area contributed by atoms with Gasteiger partial charge in [0, 0.05) is 6.42 Å². The molecule has 0 bridgehead atoms. The van der Waals surface area contributed by atoms with E-state index < -0.39 is 11.9 Å². The van der Waals surface area contributed by atoms with E-state index >= 15 is 0 Å². The topological polar surface area (TPSA) is 118 Å². The summed E-state index contributed by atoms with van der Waals surface area (Å²) < 4.78 is 1.46. The van der Waals surface area contributed by atoms with E-state index in [0.717, 1.165) is 0 Å². The molecule has 0 aliphatic rings. The molecule has 0 saturated carbocycles. The molecule has 0 atom stereocenters. The number of aromatic carboxylic acids is 1. The Morgan fingerprint density at radius 3 is 2.67 bits per heavy atom. The van der Waals surface area contributed by atoms with Crippen molar-refractivity contribution in [3.63, 3.8) is 0 Å². The zero-order valence-electron chi connectivity index (χ0n) is 9.33. The van der Waals surface area contributed by atoms with Gasteiger partial charge in [0.1, 0.15) is 11.6 Å². The van der Waals surface area contributed by atoms with Crippen molar-refractivity contribution in [2.24, 2.45) is 0 Å². The highest BCUT2D eigenvalue weighted by atomic mass is 16.4. The summed E-state index contributed by atoms with van der Waals surface area (Å²) in [5, 5.41) is 17.7. The summed E-state index contributed by atoms with van der Waals surface area (Å²) in [6.45, 7) is 0. The minimum atomic E-state index is -1.17. The second-order valence-electron chi connectivity index (χ2n) is 3.75. The molecule has 2 rings (SSSR count). The summed E-state index contributed by atoms with van der Waals surface area (Å²) >= 11 is 0. The normalized spacial score (nSPS) is 10.7. The van der Waals surface area contributed by atoms with E-state index in [2.05, 4.69) is 4.98 Å². The first-order valence-electron chi connectivity index (χ1n) is 5.21. The quantitative estimate of drug-likeness (QED) is 0.731. The van der Waals surface area contributed by atoms with Crippen LogP contribution in [0.1, 0.15) is 22.7 Å². The Hall–Kier alpha value is -2.57. The van der Waals surface area contributed by atoms with Crippen molar-refractivity contribution >= 4 is 23.3 Å². The van der Waals surface area contributed by atoms with Crippen LogP contribution in [0.2, 0.25) is 0 Å². The summed E-state index contributed by atoms with van der Waals surface area (Å²) in [4.78, 5) is 25.5. The molecule has 0 aliphatic heterocycles. The molecule has 0 spiro atoms. The SMILES string of the molecule is Nc1cccc2c(C(=O)O)nc(CCC(=O)O)n12. The molecular weight excluding hydrogens is 238 g/mol. The van der Waals surface area contributed by atoms with Gasteiger partial charge in [-0.2, -0.15) is 0 Å². The molecule has 2 aromatic rings. The summed E-state index contributed by atoms with van der Waals surface area (Å²) in [7, 11) is 0. The van der Waals surface area contributed by atoms with Crippen molar-refractivity contribution in [2.75, 3.05) is 5.73 Å². The third kappa shape index (κ3) is 1.97. The number of anilines is 1. The summed E-state index contributed by atoms with van der Waals surface area (Å²) in [5.74, 6) is -1.48. The lowest BCUT2D eigenvalue weighted by molar-refractivity contribution is -0.137. The molecule has 0 unspecified atom stereocenters. The Labute approximate surface area is 101 Å². The molecule has 0 saturated heterocycles. The molecule has 0 radical (unpaired) electrons. The highest BCUT2D eigenvalue weighted by Gasteiger charge is 2.18.